The predicted octanol–water partition coefficient (Wildman–Crippen LogP) is 3.05. The number of aliphatic hydroxyl groups is 1. The molecule has 96 valence electrons. The van der Waals surface area contributed by atoms with E-state index in [0.29, 0.717) is 5.92 Å². The van der Waals surface area contributed by atoms with Gasteiger partial charge in [-0.05, 0) is 45.7 Å². The maximum absolute atomic E-state index is 10.5. The quantitative estimate of drug-likeness (QED) is 0.780. The van der Waals surface area contributed by atoms with Crippen LogP contribution in [-0.2, 0) is 0 Å². The number of hydrogen-bond acceptors (Lipinski definition) is 2. The van der Waals surface area contributed by atoms with Crippen LogP contribution in [-0.4, -0.2) is 35.7 Å². The van der Waals surface area contributed by atoms with Crippen LogP contribution in [0.5, 0.6) is 0 Å². The molecule has 0 spiro atoms. The van der Waals surface area contributed by atoms with Gasteiger partial charge in [0, 0.05) is 5.54 Å². The molecule has 1 saturated carbocycles. The van der Waals surface area contributed by atoms with Gasteiger partial charge in [-0.25, -0.2) is 0 Å². The summed E-state index contributed by atoms with van der Waals surface area (Å²) in [7, 11) is 4.26. The molecule has 0 aliphatic heterocycles. The molecule has 1 unspecified atom stereocenters. The van der Waals surface area contributed by atoms with Crippen LogP contribution in [0.3, 0.4) is 0 Å². The van der Waals surface area contributed by atoms with Crippen molar-refractivity contribution < 1.29 is 5.11 Å². The Hall–Kier alpha value is -0.0800. The molecular weight excluding hydrogens is 198 g/mol. The van der Waals surface area contributed by atoms with Crippen molar-refractivity contribution in [3.63, 3.8) is 0 Å². The molecule has 1 rings (SSSR count). The summed E-state index contributed by atoms with van der Waals surface area (Å²) in [5.74, 6) is 0.692. The third-order valence-corrected chi connectivity index (χ3v) is 4.25. The Kier molecular flexibility index (Phi) is 5.26. The lowest BCUT2D eigenvalue weighted by Gasteiger charge is -2.46. The minimum Gasteiger partial charge on any atom is -0.391 e. The van der Waals surface area contributed by atoms with E-state index >= 15 is 0 Å². The minimum absolute atomic E-state index is 0.0626. The summed E-state index contributed by atoms with van der Waals surface area (Å²) in [4.78, 5) is 2.27. The Balaban J connectivity index is 2.61. The van der Waals surface area contributed by atoms with E-state index in [4.69, 9.17) is 0 Å². The van der Waals surface area contributed by atoms with Crippen LogP contribution in [0.25, 0.3) is 0 Å². The van der Waals surface area contributed by atoms with Crippen LogP contribution in [0.2, 0.25) is 0 Å². The molecule has 0 bridgehead atoms. The summed E-state index contributed by atoms with van der Waals surface area (Å²) in [6.07, 6.45) is 8.16. The van der Waals surface area contributed by atoms with Gasteiger partial charge in [-0.3, -0.25) is 0 Å². The molecule has 2 nitrogen and oxygen atoms in total. The molecule has 2 heteroatoms. The zero-order valence-electron chi connectivity index (χ0n) is 11.5. The van der Waals surface area contributed by atoms with Gasteiger partial charge in [-0.2, -0.15) is 0 Å². The summed E-state index contributed by atoms with van der Waals surface area (Å²) in [6, 6.07) is 0. The molecular formula is C14H29NO. The predicted molar refractivity (Wildman–Crippen MR) is 69.6 cm³/mol. The third kappa shape index (κ3) is 3.21. The van der Waals surface area contributed by atoms with Crippen molar-refractivity contribution in [1.29, 1.82) is 0 Å². The molecule has 0 aromatic rings. The average molecular weight is 227 g/mol. The van der Waals surface area contributed by atoms with Crippen LogP contribution in [0.15, 0.2) is 0 Å². The van der Waals surface area contributed by atoms with Gasteiger partial charge in [-0.15, -0.1) is 0 Å². The van der Waals surface area contributed by atoms with E-state index in [0.717, 1.165) is 12.8 Å². The number of hydrogen-bond donors (Lipinski definition) is 1. The Morgan fingerprint density at radius 3 is 2.06 bits per heavy atom. The number of likely N-dealkylation sites (N-methyl/N-ethyl adjacent to an activating group) is 1. The monoisotopic (exact) mass is 227 g/mol. The second kappa shape index (κ2) is 6.02. The van der Waals surface area contributed by atoms with Gasteiger partial charge >= 0.3 is 0 Å². The van der Waals surface area contributed by atoms with Gasteiger partial charge in [0.05, 0.1) is 6.10 Å². The lowest BCUT2D eigenvalue weighted by molar-refractivity contribution is -0.0376. The Labute approximate surface area is 101 Å². The van der Waals surface area contributed by atoms with Gasteiger partial charge in [0.25, 0.3) is 0 Å². The van der Waals surface area contributed by atoms with Crippen LogP contribution >= 0.6 is 0 Å². The van der Waals surface area contributed by atoms with E-state index in [9.17, 15) is 5.11 Å². The lowest BCUT2D eigenvalue weighted by atomic mass is 9.75. The van der Waals surface area contributed by atoms with Crippen molar-refractivity contribution in [1.82, 2.24) is 4.90 Å². The highest BCUT2D eigenvalue weighted by molar-refractivity contribution is 4.96. The largest absolute Gasteiger partial charge is 0.391 e. The SMILES string of the molecule is CC(C)CCC(O)C1(N(C)C)CCCCC1. The molecule has 16 heavy (non-hydrogen) atoms. The van der Waals surface area contributed by atoms with Crippen molar-refractivity contribution in [3.05, 3.63) is 0 Å². The topological polar surface area (TPSA) is 23.5 Å². The summed E-state index contributed by atoms with van der Waals surface area (Å²) in [5.41, 5.74) is 0.0626. The molecule has 1 aliphatic carbocycles. The molecule has 1 aliphatic rings. The first-order valence-corrected chi connectivity index (χ1v) is 6.84. The zero-order chi connectivity index (χ0) is 12.2. The van der Waals surface area contributed by atoms with Crippen molar-refractivity contribution >= 4 is 0 Å². The van der Waals surface area contributed by atoms with E-state index < -0.39 is 0 Å². The highest BCUT2D eigenvalue weighted by Gasteiger charge is 2.40. The fourth-order valence-electron chi connectivity index (χ4n) is 3.00. The number of nitrogens with zero attached hydrogens (tertiary/aromatic N) is 1. The molecule has 1 N–H and O–H groups in total. The number of aliphatic hydroxyl groups excluding tert-OH is 1. The van der Waals surface area contributed by atoms with Crippen molar-refractivity contribution in [2.75, 3.05) is 14.1 Å². The third-order valence-electron chi connectivity index (χ3n) is 4.25. The summed E-state index contributed by atoms with van der Waals surface area (Å²) in [5, 5.41) is 10.5. The Morgan fingerprint density at radius 2 is 1.62 bits per heavy atom. The van der Waals surface area contributed by atoms with Gasteiger partial charge in [0.1, 0.15) is 0 Å². The van der Waals surface area contributed by atoms with Gasteiger partial charge in [-0.1, -0.05) is 33.1 Å². The van der Waals surface area contributed by atoms with Crippen LogP contribution in [0.1, 0.15) is 58.8 Å². The Morgan fingerprint density at radius 1 is 1.06 bits per heavy atom. The molecule has 0 heterocycles. The van der Waals surface area contributed by atoms with E-state index in [1.807, 2.05) is 0 Å². The van der Waals surface area contributed by atoms with Crippen molar-refractivity contribution in [2.45, 2.75) is 70.4 Å². The Bertz CT molecular complexity index is 195. The molecule has 1 atom stereocenters. The first-order chi connectivity index (χ1) is 7.49. The second-order valence-corrected chi connectivity index (χ2v) is 6.05. The highest BCUT2D eigenvalue weighted by atomic mass is 16.3. The van der Waals surface area contributed by atoms with Gasteiger partial charge < -0.3 is 10.0 Å². The first-order valence-electron chi connectivity index (χ1n) is 6.84. The van der Waals surface area contributed by atoms with E-state index in [-0.39, 0.29) is 11.6 Å². The molecule has 0 amide bonds. The zero-order valence-corrected chi connectivity index (χ0v) is 11.5. The highest BCUT2D eigenvalue weighted by Crippen LogP contribution is 2.36. The van der Waals surface area contributed by atoms with Crippen molar-refractivity contribution in [3.8, 4) is 0 Å². The fraction of sp³-hybridized carbons (Fsp3) is 1.00. The standard InChI is InChI=1S/C14H29NO/c1-12(2)8-9-13(16)14(15(3)4)10-6-5-7-11-14/h12-13,16H,5-11H2,1-4H3. The number of rotatable bonds is 5. The van der Waals surface area contributed by atoms with Crippen LogP contribution in [0, 0.1) is 5.92 Å². The molecule has 0 saturated heterocycles. The summed E-state index contributed by atoms with van der Waals surface area (Å²) in [6.45, 7) is 4.46. The first kappa shape index (κ1) is 14.0. The van der Waals surface area contributed by atoms with Crippen LogP contribution in [0.4, 0.5) is 0 Å². The minimum atomic E-state index is -0.148. The maximum Gasteiger partial charge on any atom is 0.0723 e. The maximum atomic E-state index is 10.5. The van der Waals surface area contributed by atoms with E-state index in [1.54, 1.807) is 0 Å². The fourth-order valence-corrected chi connectivity index (χ4v) is 3.00. The molecule has 0 aromatic heterocycles. The lowest BCUT2D eigenvalue weighted by Crippen LogP contribution is -2.54. The summed E-state index contributed by atoms with van der Waals surface area (Å²) >= 11 is 0. The van der Waals surface area contributed by atoms with Gasteiger partial charge in [0.2, 0.25) is 0 Å². The van der Waals surface area contributed by atoms with Crippen molar-refractivity contribution in [2.24, 2.45) is 5.92 Å². The summed E-state index contributed by atoms with van der Waals surface area (Å²) < 4.78 is 0. The van der Waals surface area contributed by atoms with Crippen LogP contribution < -0.4 is 0 Å². The molecule has 0 radical (unpaired) electrons. The molecule has 1 fully saturated rings. The van der Waals surface area contributed by atoms with Gasteiger partial charge in [0.15, 0.2) is 0 Å². The van der Waals surface area contributed by atoms with E-state index in [2.05, 4.69) is 32.8 Å². The second-order valence-electron chi connectivity index (χ2n) is 6.05. The van der Waals surface area contributed by atoms with E-state index in [1.165, 1.54) is 32.1 Å². The normalized spacial score (nSPS) is 22.7. The average Bonchev–Trinajstić information content (AvgIpc) is 2.26. The molecule has 0 aromatic carbocycles. The smallest absolute Gasteiger partial charge is 0.0723 e.